The molecule has 0 amide bonds. The highest BCUT2D eigenvalue weighted by molar-refractivity contribution is 6.29. The molecule has 38 heteroatoms. The van der Waals surface area contributed by atoms with Crippen LogP contribution in [-0.2, 0) is 12.4 Å². The zero-order chi connectivity index (χ0) is 78.5. The molecule has 0 saturated carbocycles. The Morgan fingerprint density at radius 2 is 0.736 bits per heavy atom. The van der Waals surface area contributed by atoms with Gasteiger partial charge in [-0.05, 0) is 136 Å². The Bertz CT molecular complexity index is 6250. The fourth-order valence-corrected chi connectivity index (χ4v) is 12.2. The van der Waals surface area contributed by atoms with E-state index in [2.05, 4.69) is 80.7 Å². The van der Waals surface area contributed by atoms with Crippen LogP contribution in [0.2, 0.25) is 5.15 Å². The zero-order valence-corrected chi connectivity index (χ0v) is 58.3. The van der Waals surface area contributed by atoms with Crippen molar-refractivity contribution in [1.29, 1.82) is 0 Å². The van der Waals surface area contributed by atoms with E-state index < -0.39 is 63.8 Å². The number of rotatable bonds is 9. The Hall–Kier alpha value is -13.9. The summed E-state index contributed by atoms with van der Waals surface area (Å²) in [4.78, 5) is 32.8. The molecule has 12 aromatic heterocycles. The maximum absolute atomic E-state index is 14.5. The number of halogens is 13. The summed E-state index contributed by atoms with van der Waals surface area (Å²) in [5.41, 5.74) is 29.8. The predicted molar refractivity (Wildman–Crippen MR) is 380 cm³/mol. The van der Waals surface area contributed by atoms with Gasteiger partial charge >= 0.3 is 12.4 Å². The van der Waals surface area contributed by atoms with Crippen LogP contribution in [0.5, 0.6) is 5.88 Å². The molecule has 0 radical (unpaired) electrons. The molecule has 8 N–H and O–H groups in total. The molecule has 0 fully saturated rings. The monoisotopic (exact) mass is 1530 g/mol. The average molecular weight is 1530 g/mol. The normalized spacial score (nSPS) is 11.6. The summed E-state index contributed by atoms with van der Waals surface area (Å²) < 4.78 is 174. The van der Waals surface area contributed by atoms with Crippen LogP contribution in [0.1, 0.15) is 40.0 Å². The van der Waals surface area contributed by atoms with Gasteiger partial charge in [0.1, 0.15) is 76.3 Å². The summed E-state index contributed by atoms with van der Waals surface area (Å²) >= 11 is 5.79. The quantitative estimate of drug-likeness (QED) is 0.0770. The molecular formula is C72H51ClF12N24O. The number of ether oxygens (including phenoxy) is 1. The number of nitrogens with two attached hydrogens (primary N) is 4. The van der Waals surface area contributed by atoms with Gasteiger partial charge < -0.3 is 27.7 Å². The highest BCUT2D eigenvalue weighted by Crippen LogP contribution is 2.43. The highest BCUT2D eigenvalue weighted by atomic mass is 35.5. The van der Waals surface area contributed by atoms with E-state index in [4.69, 9.17) is 39.3 Å². The van der Waals surface area contributed by atoms with Gasteiger partial charge in [0, 0.05) is 69.3 Å². The second-order valence-electron chi connectivity index (χ2n) is 24.1. The number of aromatic nitrogens is 20. The van der Waals surface area contributed by atoms with E-state index in [0.717, 1.165) is 65.5 Å². The van der Waals surface area contributed by atoms with Gasteiger partial charge in [0.05, 0.1) is 52.1 Å². The Labute approximate surface area is 616 Å². The number of anilines is 4. The van der Waals surface area contributed by atoms with Crippen LogP contribution in [0.25, 0.3) is 112 Å². The first-order valence-corrected chi connectivity index (χ1v) is 32.4. The molecule has 0 aliphatic heterocycles. The predicted octanol–water partition coefficient (Wildman–Crippen LogP) is 14.8. The molecule has 25 nitrogen and oxygen atoms in total. The minimum absolute atomic E-state index is 0.00613. The average Bonchev–Trinajstić information content (AvgIpc) is 1.56. The molecule has 0 atom stereocenters. The van der Waals surface area contributed by atoms with Gasteiger partial charge in [-0.2, -0.15) is 26.3 Å². The number of hydrogen-bond donors (Lipinski definition) is 4. The van der Waals surface area contributed by atoms with Gasteiger partial charge in [-0.25, -0.2) is 65.6 Å². The van der Waals surface area contributed by atoms with Crippen molar-refractivity contribution in [3.63, 3.8) is 0 Å². The third-order valence-corrected chi connectivity index (χ3v) is 16.7. The van der Waals surface area contributed by atoms with Gasteiger partial charge in [0.25, 0.3) is 0 Å². The van der Waals surface area contributed by atoms with Crippen LogP contribution >= 0.6 is 11.6 Å². The molecule has 0 aliphatic rings. The van der Waals surface area contributed by atoms with E-state index in [1.54, 1.807) is 32.0 Å². The molecular weight excluding hydrogens is 1480 g/mol. The second kappa shape index (κ2) is 29.5. The van der Waals surface area contributed by atoms with E-state index in [9.17, 15) is 52.7 Å². The van der Waals surface area contributed by atoms with Crippen molar-refractivity contribution < 1.29 is 57.4 Å². The molecule has 556 valence electrons. The van der Waals surface area contributed by atoms with Crippen molar-refractivity contribution in [2.45, 2.75) is 47.0 Å². The second-order valence-corrected chi connectivity index (χ2v) is 24.5. The Morgan fingerprint density at radius 1 is 0.364 bits per heavy atom. The first-order valence-electron chi connectivity index (χ1n) is 32.0. The van der Waals surface area contributed by atoms with E-state index in [-0.39, 0.29) is 80.0 Å². The molecule has 0 bridgehead atoms. The molecule has 4 aromatic carbocycles. The molecule has 0 unspecified atom stereocenters. The van der Waals surface area contributed by atoms with E-state index in [0.29, 0.717) is 79.5 Å². The van der Waals surface area contributed by atoms with Crippen molar-refractivity contribution in [1.82, 2.24) is 98.3 Å². The number of benzene rings is 4. The van der Waals surface area contributed by atoms with E-state index in [1.165, 1.54) is 68.8 Å². The van der Waals surface area contributed by atoms with Crippen molar-refractivity contribution >= 4 is 58.0 Å². The summed E-state index contributed by atoms with van der Waals surface area (Å²) in [5.74, 6) is -3.61. The van der Waals surface area contributed by atoms with Gasteiger partial charge in [0.15, 0.2) is 22.6 Å². The first kappa shape index (κ1) is 74.4. The van der Waals surface area contributed by atoms with Gasteiger partial charge in [-0.1, -0.05) is 41.9 Å². The van der Waals surface area contributed by atoms with E-state index in [1.807, 2.05) is 56.3 Å². The largest absolute Gasteiger partial charge is 0.481 e. The highest BCUT2D eigenvalue weighted by Gasteiger charge is 2.36. The number of alkyl halides is 6. The minimum Gasteiger partial charge on any atom is -0.481 e. The lowest BCUT2D eigenvalue weighted by atomic mass is 9.99. The van der Waals surface area contributed by atoms with Crippen LogP contribution < -0.4 is 27.7 Å². The Kier molecular flexibility index (Phi) is 19.9. The molecule has 16 aromatic rings. The van der Waals surface area contributed by atoms with Crippen molar-refractivity contribution in [2.75, 3.05) is 30.0 Å². The summed E-state index contributed by atoms with van der Waals surface area (Å²) in [6.45, 7) is 8.73. The van der Waals surface area contributed by atoms with Gasteiger partial charge in [-0.15, -0.1) is 40.8 Å². The fourth-order valence-electron chi connectivity index (χ4n) is 11.9. The third kappa shape index (κ3) is 14.9. The molecule has 0 aliphatic carbocycles. The van der Waals surface area contributed by atoms with Crippen LogP contribution in [0.4, 0.5) is 76.5 Å². The lowest BCUT2D eigenvalue weighted by molar-refractivity contribution is -0.141. The fraction of sp³-hybridized carbons (Fsp3) is 0.111. The number of methoxy groups -OCH3 is 1. The number of fused-ring (bicyclic) bond motifs is 4. The molecule has 110 heavy (non-hydrogen) atoms. The Balaban J connectivity index is 0.000000129. The summed E-state index contributed by atoms with van der Waals surface area (Å²) in [6.07, 6.45) is -5.32. The van der Waals surface area contributed by atoms with E-state index >= 15 is 0 Å². The van der Waals surface area contributed by atoms with Crippen LogP contribution in [-0.4, -0.2) is 105 Å². The maximum Gasteiger partial charge on any atom is 0.433 e. The molecule has 0 spiro atoms. The van der Waals surface area contributed by atoms with Crippen LogP contribution in [0, 0.1) is 69.5 Å². The SMILES string of the molecule is COc1cc(-c2c(-c3ccc(F)cc3F)nc(N)n3cnnc23)cc(C)n1.Cc1cc(-c2c(-c3ccc(F)cc3F)nc(N)n3cnnc23)cc(C)n1.Cc1cc(-c2c(-c3ccccc3)nc(N)n3c(C)nnc23)cc(C(F)(F)F)n1.Nc1nc(-c2ccc(F)cc2F)c(-c2cc(Cl)nc(C(F)(F)F)c2)c2nncn12. The zero-order valence-electron chi connectivity index (χ0n) is 57.5. The standard InChI is InChI=1S/C19H15F3N6.C18H14F2N6O.C18H14F2N6.C17H8ClF5N6/c1-10-8-13(9-14(24-10)19(20,21)22)15-16(12-6-4-3-5-7-12)25-18(23)28-11(2)26-27-17(15)28;1-9-5-10(6-14(23-9)27-2)15-16(12-4-3-11(19)7-13(12)20)24-18(21)26-8-22-25-17(15)26;1-9-5-11(6-10(2)23-9)15-16(13-4-3-12(19)7-14(13)20)24-18(21)26-8-22-25-17(15)26;18-12-4-7(3-11(26-12)17(21,22)23)13-14(9-2-1-8(19)5-10(9)20)27-16(24)29-6-25-28-15(13)29/h3-9H,1-2H3,(H2,23,25);3-8H,1-2H3,(H2,21,24);3-8H,1-2H3,(H2,21,24);1-6H,(H2,24,27). The first-order chi connectivity index (χ1) is 52.3. The molecule has 16 rings (SSSR count). The summed E-state index contributed by atoms with van der Waals surface area (Å²) in [6, 6.07) is 30.0. The number of hydrogen-bond acceptors (Lipinski definition) is 21. The summed E-state index contributed by atoms with van der Waals surface area (Å²) in [7, 11) is 1.50. The van der Waals surface area contributed by atoms with Crippen molar-refractivity contribution in [3.8, 4) is 95.4 Å². The number of nitrogens with zero attached hydrogens (tertiary/aromatic N) is 20. The van der Waals surface area contributed by atoms with Gasteiger partial charge in [0.2, 0.25) is 29.7 Å². The Morgan fingerprint density at radius 3 is 1.15 bits per heavy atom. The van der Waals surface area contributed by atoms with Crippen molar-refractivity contribution in [3.05, 3.63) is 232 Å². The topological polar surface area (TPSA) is 337 Å². The molecule has 0 saturated heterocycles. The lowest BCUT2D eigenvalue weighted by Gasteiger charge is -2.15. The number of pyridine rings is 4. The smallest absolute Gasteiger partial charge is 0.433 e. The lowest BCUT2D eigenvalue weighted by Crippen LogP contribution is -2.10. The number of aryl methyl sites for hydroxylation is 5. The number of nitrogen functional groups attached to an aromatic ring is 4. The minimum atomic E-state index is -4.79. The molecule has 12 heterocycles. The summed E-state index contributed by atoms with van der Waals surface area (Å²) in [5, 5.41) is 31.3. The van der Waals surface area contributed by atoms with Crippen molar-refractivity contribution in [2.24, 2.45) is 0 Å². The maximum atomic E-state index is 14.5. The van der Waals surface area contributed by atoms with Crippen LogP contribution in [0.15, 0.2) is 152 Å². The van der Waals surface area contributed by atoms with Crippen LogP contribution in [0.3, 0.4) is 0 Å². The third-order valence-electron chi connectivity index (χ3n) is 16.5. The van der Waals surface area contributed by atoms with Gasteiger partial charge in [-0.3, -0.25) is 18.2 Å².